The molecule has 4 nitrogen and oxygen atoms in total. The molecule has 0 saturated carbocycles. The standard InChI is InChI=1S/C14H18Cl2N4/c1-8-6-11(18-9(2)17-8)20-13(16)10(7-15)12(19-20)14(3,4)5/h6H,7H2,1-5H3. The van der Waals surface area contributed by atoms with Crippen LogP contribution in [0.3, 0.4) is 0 Å². The van der Waals surface area contributed by atoms with Crippen molar-refractivity contribution in [1.29, 1.82) is 0 Å². The molecule has 20 heavy (non-hydrogen) atoms. The number of nitrogens with zero attached hydrogens (tertiary/aromatic N) is 4. The molecule has 0 saturated heterocycles. The molecule has 0 amide bonds. The molecular formula is C14H18Cl2N4. The number of hydrogen-bond donors (Lipinski definition) is 0. The lowest BCUT2D eigenvalue weighted by molar-refractivity contribution is 0.555. The number of aromatic nitrogens is 4. The largest absolute Gasteiger partial charge is 0.238 e. The molecule has 0 bridgehead atoms. The van der Waals surface area contributed by atoms with Gasteiger partial charge in [-0.05, 0) is 13.8 Å². The summed E-state index contributed by atoms with van der Waals surface area (Å²) in [5.41, 5.74) is 2.50. The SMILES string of the molecule is Cc1cc(-n2nc(C(C)(C)C)c(CCl)c2Cl)nc(C)n1. The maximum atomic E-state index is 6.43. The molecule has 6 heteroatoms. The van der Waals surface area contributed by atoms with Crippen LogP contribution < -0.4 is 0 Å². The van der Waals surface area contributed by atoms with Gasteiger partial charge >= 0.3 is 0 Å². The van der Waals surface area contributed by atoms with Crippen LogP contribution in [0.1, 0.15) is 43.5 Å². The van der Waals surface area contributed by atoms with Gasteiger partial charge in [-0.25, -0.2) is 14.6 Å². The van der Waals surface area contributed by atoms with Crippen LogP contribution in [0.2, 0.25) is 5.15 Å². The number of halogens is 2. The molecule has 108 valence electrons. The molecule has 2 heterocycles. The van der Waals surface area contributed by atoms with E-state index in [2.05, 4.69) is 35.8 Å². The Labute approximate surface area is 129 Å². The number of hydrogen-bond acceptors (Lipinski definition) is 3. The van der Waals surface area contributed by atoms with E-state index < -0.39 is 0 Å². The Morgan fingerprint density at radius 3 is 2.30 bits per heavy atom. The number of aryl methyl sites for hydroxylation is 2. The molecule has 0 fully saturated rings. The normalized spacial score (nSPS) is 11.9. The van der Waals surface area contributed by atoms with Crippen molar-refractivity contribution in [1.82, 2.24) is 19.7 Å². The van der Waals surface area contributed by atoms with Crippen molar-refractivity contribution >= 4 is 23.2 Å². The quantitative estimate of drug-likeness (QED) is 0.788. The molecule has 0 radical (unpaired) electrons. The third-order valence-corrected chi connectivity index (χ3v) is 3.59. The average molecular weight is 313 g/mol. The van der Waals surface area contributed by atoms with Crippen molar-refractivity contribution in [2.75, 3.05) is 0 Å². The molecule has 0 N–H and O–H groups in total. The third kappa shape index (κ3) is 2.81. The fourth-order valence-electron chi connectivity index (χ4n) is 2.11. The first-order valence-electron chi connectivity index (χ1n) is 6.40. The van der Waals surface area contributed by atoms with Crippen LogP contribution in [0.5, 0.6) is 0 Å². The minimum absolute atomic E-state index is 0.129. The van der Waals surface area contributed by atoms with Gasteiger partial charge in [0.25, 0.3) is 0 Å². The first-order chi connectivity index (χ1) is 9.24. The summed E-state index contributed by atoms with van der Waals surface area (Å²) in [6.07, 6.45) is 0. The Kier molecular flexibility index (Phi) is 4.07. The molecule has 0 aliphatic heterocycles. The lowest BCUT2D eigenvalue weighted by atomic mass is 9.90. The molecule has 0 unspecified atom stereocenters. The topological polar surface area (TPSA) is 43.6 Å². The van der Waals surface area contributed by atoms with Gasteiger partial charge in [-0.1, -0.05) is 32.4 Å². The van der Waals surface area contributed by atoms with E-state index in [0.717, 1.165) is 17.0 Å². The summed E-state index contributed by atoms with van der Waals surface area (Å²) in [4.78, 5) is 8.66. The number of rotatable bonds is 2. The summed E-state index contributed by atoms with van der Waals surface area (Å²) in [6.45, 7) is 10.0. The van der Waals surface area contributed by atoms with Crippen LogP contribution >= 0.6 is 23.2 Å². The molecular weight excluding hydrogens is 295 g/mol. The Balaban J connectivity index is 2.66. The second-order valence-corrected chi connectivity index (χ2v) is 6.45. The van der Waals surface area contributed by atoms with Gasteiger partial charge in [0.1, 0.15) is 11.0 Å². The molecule has 0 aromatic carbocycles. The zero-order valence-electron chi connectivity index (χ0n) is 12.3. The van der Waals surface area contributed by atoms with E-state index in [1.54, 1.807) is 4.68 Å². The minimum Gasteiger partial charge on any atom is -0.238 e. The average Bonchev–Trinajstić information content (AvgIpc) is 2.64. The van der Waals surface area contributed by atoms with Gasteiger partial charge in [0.15, 0.2) is 5.82 Å². The van der Waals surface area contributed by atoms with Crippen molar-refractivity contribution in [2.45, 2.75) is 45.9 Å². The van der Waals surface area contributed by atoms with Crippen molar-refractivity contribution in [3.05, 3.63) is 34.0 Å². The highest BCUT2D eigenvalue weighted by atomic mass is 35.5. The van der Waals surface area contributed by atoms with Gasteiger partial charge in [-0.15, -0.1) is 11.6 Å². The second kappa shape index (κ2) is 5.34. The molecule has 0 spiro atoms. The predicted octanol–water partition coefficient (Wildman–Crippen LogP) is 3.97. The summed E-state index contributed by atoms with van der Waals surface area (Å²) in [6, 6.07) is 1.86. The van der Waals surface area contributed by atoms with Crippen LogP contribution in [0.25, 0.3) is 5.82 Å². The molecule has 0 aliphatic carbocycles. The van der Waals surface area contributed by atoms with Gasteiger partial charge in [0.05, 0.1) is 11.6 Å². The molecule has 2 aromatic heterocycles. The Hall–Kier alpha value is -1.13. The van der Waals surface area contributed by atoms with Gasteiger partial charge < -0.3 is 0 Å². The van der Waals surface area contributed by atoms with E-state index in [0.29, 0.717) is 22.7 Å². The smallest absolute Gasteiger partial charge is 0.159 e. The Bertz CT molecular complexity index is 621. The molecule has 0 atom stereocenters. The van der Waals surface area contributed by atoms with Gasteiger partial charge in [-0.3, -0.25) is 0 Å². The van der Waals surface area contributed by atoms with E-state index in [9.17, 15) is 0 Å². The molecule has 2 rings (SSSR count). The zero-order chi connectivity index (χ0) is 15.1. The van der Waals surface area contributed by atoms with Crippen LogP contribution in [-0.4, -0.2) is 19.7 Å². The van der Waals surface area contributed by atoms with E-state index in [4.69, 9.17) is 23.2 Å². The molecule has 0 aliphatic rings. The van der Waals surface area contributed by atoms with Crippen molar-refractivity contribution < 1.29 is 0 Å². The summed E-state index contributed by atoms with van der Waals surface area (Å²) >= 11 is 12.5. The lowest BCUT2D eigenvalue weighted by Gasteiger charge is -2.16. The Morgan fingerprint density at radius 2 is 1.85 bits per heavy atom. The zero-order valence-corrected chi connectivity index (χ0v) is 13.8. The van der Waals surface area contributed by atoms with E-state index in [1.807, 2.05) is 19.9 Å². The van der Waals surface area contributed by atoms with Gasteiger partial charge in [-0.2, -0.15) is 5.10 Å². The maximum Gasteiger partial charge on any atom is 0.159 e. The van der Waals surface area contributed by atoms with Gasteiger partial charge in [0.2, 0.25) is 0 Å². The summed E-state index contributed by atoms with van der Waals surface area (Å²) in [5, 5.41) is 5.13. The molecule has 2 aromatic rings. The van der Waals surface area contributed by atoms with Crippen LogP contribution in [0.15, 0.2) is 6.07 Å². The summed E-state index contributed by atoms with van der Waals surface area (Å²) < 4.78 is 1.64. The summed E-state index contributed by atoms with van der Waals surface area (Å²) in [5.74, 6) is 1.69. The fraction of sp³-hybridized carbons (Fsp3) is 0.500. The highest BCUT2D eigenvalue weighted by Crippen LogP contribution is 2.32. The van der Waals surface area contributed by atoms with Crippen molar-refractivity contribution in [3.8, 4) is 5.82 Å². The van der Waals surface area contributed by atoms with Crippen LogP contribution in [-0.2, 0) is 11.3 Å². The highest BCUT2D eigenvalue weighted by Gasteiger charge is 2.26. The number of alkyl halides is 1. The van der Waals surface area contributed by atoms with Gasteiger partial charge in [0, 0.05) is 22.7 Å². The van der Waals surface area contributed by atoms with Crippen LogP contribution in [0.4, 0.5) is 0 Å². The second-order valence-electron chi connectivity index (χ2n) is 5.83. The first-order valence-corrected chi connectivity index (χ1v) is 7.31. The predicted molar refractivity (Wildman–Crippen MR) is 81.9 cm³/mol. The van der Waals surface area contributed by atoms with E-state index >= 15 is 0 Å². The monoisotopic (exact) mass is 312 g/mol. The van der Waals surface area contributed by atoms with E-state index in [-0.39, 0.29) is 5.41 Å². The third-order valence-electron chi connectivity index (χ3n) is 2.93. The fourth-order valence-corrected chi connectivity index (χ4v) is 2.71. The highest BCUT2D eigenvalue weighted by molar-refractivity contribution is 6.31. The first kappa shape index (κ1) is 15.3. The lowest BCUT2D eigenvalue weighted by Crippen LogP contribution is -2.14. The van der Waals surface area contributed by atoms with Crippen molar-refractivity contribution in [2.24, 2.45) is 0 Å². The Morgan fingerprint density at radius 1 is 1.20 bits per heavy atom. The van der Waals surface area contributed by atoms with Crippen LogP contribution in [0, 0.1) is 13.8 Å². The minimum atomic E-state index is -0.129. The summed E-state index contributed by atoms with van der Waals surface area (Å²) in [7, 11) is 0. The van der Waals surface area contributed by atoms with Crippen molar-refractivity contribution in [3.63, 3.8) is 0 Å². The van der Waals surface area contributed by atoms with E-state index in [1.165, 1.54) is 0 Å². The maximum absolute atomic E-state index is 6.43.